The van der Waals surface area contributed by atoms with Crippen LogP contribution in [-0.2, 0) is 17.9 Å². The van der Waals surface area contributed by atoms with Crippen molar-refractivity contribution in [3.8, 4) is 11.5 Å². The normalized spacial score (nSPS) is 10.5. The average molecular weight is 479 g/mol. The number of hydrogen-bond donors (Lipinski definition) is 1. The predicted molar refractivity (Wildman–Crippen MR) is 123 cm³/mol. The molecule has 162 valence electrons. The molecule has 1 heterocycles. The van der Waals surface area contributed by atoms with Crippen LogP contribution in [0.15, 0.2) is 60.1 Å². The van der Waals surface area contributed by atoms with Gasteiger partial charge in [0.25, 0.3) is 0 Å². The van der Waals surface area contributed by atoms with Gasteiger partial charge in [0, 0.05) is 10.7 Å². The third kappa shape index (κ3) is 6.40. The van der Waals surface area contributed by atoms with E-state index in [9.17, 15) is 4.79 Å². The fourth-order valence-electron chi connectivity index (χ4n) is 2.59. The van der Waals surface area contributed by atoms with Crippen LogP contribution in [0, 0.1) is 0 Å². The first kappa shape index (κ1) is 23.0. The Bertz CT molecular complexity index is 1060. The minimum Gasteiger partial charge on any atom is -0.495 e. The van der Waals surface area contributed by atoms with Gasteiger partial charge >= 0.3 is 0 Å². The molecule has 0 atom stereocenters. The van der Waals surface area contributed by atoms with Gasteiger partial charge in [0.2, 0.25) is 5.91 Å². The summed E-state index contributed by atoms with van der Waals surface area (Å²) in [5.74, 6) is 1.16. The van der Waals surface area contributed by atoms with Crippen molar-refractivity contribution in [3.05, 3.63) is 70.9 Å². The number of allylic oxidation sites excluding steroid dienone is 1. The number of hydrogen-bond acceptors (Lipinski definition) is 6. The Labute approximate surface area is 194 Å². The lowest BCUT2D eigenvalue weighted by atomic mass is 10.3. The number of nitrogens with zero attached hydrogens (tertiary/aromatic N) is 3. The van der Waals surface area contributed by atoms with Crippen molar-refractivity contribution in [2.24, 2.45) is 0 Å². The van der Waals surface area contributed by atoms with E-state index in [-0.39, 0.29) is 18.3 Å². The highest BCUT2D eigenvalue weighted by Gasteiger charge is 2.16. The van der Waals surface area contributed by atoms with Gasteiger partial charge in [0.05, 0.1) is 24.4 Å². The molecule has 2 aromatic carbocycles. The fraction of sp³-hybridized carbons (Fsp3) is 0.190. The Balaban J connectivity index is 1.64. The molecule has 31 heavy (non-hydrogen) atoms. The second-order valence-corrected chi connectivity index (χ2v) is 8.05. The van der Waals surface area contributed by atoms with E-state index < -0.39 is 0 Å². The van der Waals surface area contributed by atoms with E-state index >= 15 is 0 Å². The quantitative estimate of drug-likeness (QED) is 0.323. The maximum Gasteiger partial charge on any atom is 0.234 e. The highest BCUT2D eigenvalue weighted by Crippen LogP contribution is 2.28. The number of rotatable bonds is 10. The molecule has 3 rings (SSSR count). The van der Waals surface area contributed by atoms with Crippen molar-refractivity contribution in [2.75, 3.05) is 18.2 Å². The third-order valence-corrected chi connectivity index (χ3v) is 5.70. The zero-order valence-electron chi connectivity index (χ0n) is 16.7. The second kappa shape index (κ2) is 11.1. The van der Waals surface area contributed by atoms with Gasteiger partial charge in [-0.1, -0.05) is 46.3 Å². The molecule has 0 aliphatic heterocycles. The largest absolute Gasteiger partial charge is 0.495 e. The predicted octanol–water partition coefficient (Wildman–Crippen LogP) is 5.09. The van der Waals surface area contributed by atoms with E-state index in [0.29, 0.717) is 39.5 Å². The van der Waals surface area contributed by atoms with Crippen LogP contribution in [0.5, 0.6) is 11.5 Å². The number of thioether (sulfide) groups is 1. The Morgan fingerprint density at radius 1 is 1.26 bits per heavy atom. The third-order valence-electron chi connectivity index (χ3n) is 4.02. The van der Waals surface area contributed by atoms with Crippen molar-refractivity contribution in [1.82, 2.24) is 15.0 Å². The van der Waals surface area contributed by atoms with E-state index in [4.69, 9.17) is 32.7 Å². The number of aromatic nitrogens is 3. The monoisotopic (exact) mass is 478 g/mol. The maximum absolute atomic E-state index is 12.4. The zero-order chi connectivity index (χ0) is 22.2. The van der Waals surface area contributed by atoms with Crippen molar-refractivity contribution < 1.29 is 14.3 Å². The Morgan fingerprint density at radius 3 is 2.71 bits per heavy atom. The van der Waals surface area contributed by atoms with E-state index in [2.05, 4.69) is 22.2 Å². The highest BCUT2D eigenvalue weighted by atomic mass is 35.5. The fourth-order valence-corrected chi connectivity index (χ4v) is 3.84. The van der Waals surface area contributed by atoms with Gasteiger partial charge in [-0.25, -0.2) is 4.68 Å². The number of anilines is 1. The molecule has 1 amide bonds. The molecule has 3 aromatic rings. The molecule has 1 N–H and O–H groups in total. The molecule has 10 heteroatoms. The molecular formula is C21H20Cl2N4O3S. The first-order valence-corrected chi connectivity index (χ1v) is 10.9. The van der Waals surface area contributed by atoms with Gasteiger partial charge in [0.1, 0.15) is 28.8 Å². The summed E-state index contributed by atoms with van der Waals surface area (Å²) in [5, 5.41) is 12.9. The lowest BCUT2D eigenvalue weighted by molar-refractivity contribution is -0.113. The molecule has 0 aliphatic rings. The molecule has 0 saturated heterocycles. The number of ether oxygens (including phenoxy) is 2. The summed E-state index contributed by atoms with van der Waals surface area (Å²) in [6, 6.07) is 12.1. The standard InChI is InChI=1S/C21H20Cl2N4O3S/c1-3-10-27-21(18(25-26-27)12-30-16-7-4-14(22)5-8-16)31-13-20(28)24-15-6-9-19(29-2)17(23)11-15/h3-9,11H,1,10,12-13H2,2H3,(H,24,28). The Hall–Kier alpha value is -2.68. The van der Waals surface area contributed by atoms with Gasteiger partial charge in [-0.3, -0.25) is 4.79 Å². The lowest BCUT2D eigenvalue weighted by Crippen LogP contribution is -2.15. The van der Waals surface area contributed by atoms with Crippen LogP contribution >= 0.6 is 35.0 Å². The number of benzene rings is 2. The average Bonchev–Trinajstić information content (AvgIpc) is 3.14. The number of nitrogens with one attached hydrogen (secondary N) is 1. The second-order valence-electron chi connectivity index (χ2n) is 6.24. The van der Waals surface area contributed by atoms with Crippen LogP contribution in [-0.4, -0.2) is 33.8 Å². The minimum absolute atomic E-state index is 0.155. The molecule has 0 fully saturated rings. The molecule has 0 bridgehead atoms. The summed E-state index contributed by atoms with van der Waals surface area (Å²) >= 11 is 13.3. The summed E-state index contributed by atoms with van der Waals surface area (Å²) in [6.45, 7) is 4.41. The van der Waals surface area contributed by atoms with Crippen LogP contribution in [0.2, 0.25) is 10.0 Å². The number of carbonyl (C=O) groups is 1. The maximum atomic E-state index is 12.4. The topological polar surface area (TPSA) is 78.3 Å². The Morgan fingerprint density at radius 2 is 2.03 bits per heavy atom. The molecule has 0 spiro atoms. The Kier molecular flexibility index (Phi) is 8.22. The first-order valence-electron chi connectivity index (χ1n) is 9.18. The van der Waals surface area contributed by atoms with E-state index in [1.165, 1.54) is 18.9 Å². The minimum atomic E-state index is -0.192. The zero-order valence-corrected chi connectivity index (χ0v) is 19.0. The molecule has 1 aromatic heterocycles. The lowest BCUT2D eigenvalue weighted by Gasteiger charge is -2.09. The SMILES string of the molecule is C=CCn1nnc(COc2ccc(Cl)cc2)c1SCC(=O)Nc1ccc(OC)c(Cl)c1. The van der Waals surface area contributed by atoms with Crippen LogP contribution in [0.3, 0.4) is 0 Å². The van der Waals surface area contributed by atoms with Gasteiger partial charge in [-0.2, -0.15) is 0 Å². The number of amides is 1. The van der Waals surface area contributed by atoms with Crippen LogP contribution < -0.4 is 14.8 Å². The molecule has 0 saturated carbocycles. The van der Waals surface area contributed by atoms with Crippen molar-refractivity contribution >= 4 is 46.6 Å². The van der Waals surface area contributed by atoms with Gasteiger partial charge in [-0.15, -0.1) is 11.7 Å². The smallest absolute Gasteiger partial charge is 0.234 e. The molecule has 0 unspecified atom stereocenters. The summed E-state index contributed by atoms with van der Waals surface area (Å²) < 4.78 is 12.6. The van der Waals surface area contributed by atoms with Crippen LogP contribution in [0.25, 0.3) is 0 Å². The van der Waals surface area contributed by atoms with Gasteiger partial charge in [-0.05, 0) is 42.5 Å². The van der Waals surface area contributed by atoms with E-state index in [1.54, 1.807) is 53.2 Å². The molecule has 0 aliphatic carbocycles. The summed E-state index contributed by atoms with van der Waals surface area (Å²) in [6.07, 6.45) is 1.71. The van der Waals surface area contributed by atoms with Gasteiger partial charge < -0.3 is 14.8 Å². The molecule has 7 nitrogen and oxygen atoms in total. The highest BCUT2D eigenvalue weighted by molar-refractivity contribution is 8.00. The molecule has 0 radical (unpaired) electrons. The van der Waals surface area contributed by atoms with Crippen molar-refractivity contribution in [2.45, 2.75) is 18.2 Å². The van der Waals surface area contributed by atoms with E-state index in [1.807, 2.05) is 0 Å². The van der Waals surface area contributed by atoms with Crippen LogP contribution in [0.4, 0.5) is 5.69 Å². The number of halogens is 2. The van der Waals surface area contributed by atoms with Crippen molar-refractivity contribution in [1.29, 1.82) is 0 Å². The molecular weight excluding hydrogens is 459 g/mol. The number of methoxy groups -OCH3 is 1. The first-order chi connectivity index (χ1) is 15.0. The number of carbonyl (C=O) groups excluding carboxylic acids is 1. The summed E-state index contributed by atoms with van der Waals surface area (Å²) in [4.78, 5) is 12.4. The van der Waals surface area contributed by atoms with E-state index in [0.717, 1.165) is 5.03 Å². The summed E-state index contributed by atoms with van der Waals surface area (Å²) in [7, 11) is 1.53. The summed E-state index contributed by atoms with van der Waals surface area (Å²) in [5.41, 5.74) is 1.21. The van der Waals surface area contributed by atoms with Crippen LogP contribution in [0.1, 0.15) is 5.69 Å². The van der Waals surface area contributed by atoms with Crippen molar-refractivity contribution in [3.63, 3.8) is 0 Å². The van der Waals surface area contributed by atoms with Gasteiger partial charge in [0.15, 0.2) is 0 Å².